The largest absolute Gasteiger partial charge is 0.333 e. The number of piperidine rings is 1. The average Bonchev–Trinajstić information content (AvgIpc) is 2.39. The predicted octanol–water partition coefficient (Wildman–Crippen LogP) is 1.53. The van der Waals surface area contributed by atoms with Gasteiger partial charge >= 0.3 is 6.03 Å². The van der Waals surface area contributed by atoms with Crippen LogP contribution in [0.25, 0.3) is 0 Å². The molecular weight excluding hydrogens is 288 g/mol. The van der Waals surface area contributed by atoms with Gasteiger partial charge in [-0.3, -0.25) is 4.90 Å². The lowest BCUT2D eigenvalue weighted by atomic mass is 9.99. The highest BCUT2D eigenvalue weighted by atomic mass is 35.5. The number of piperazine rings is 1. The van der Waals surface area contributed by atoms with Crippen molar-refractivity contribution in [2.24, 2.45) is 5.92 Å². The molecule has 124 valence electrons. The maximum absolute atomic E-state index is 12.1. The van der Waals surface area contributed by atoms with Crippen LogP contribution in [-0.4, -0.2) is 67.2 Å². The molecular formula is C15H31ClN4O. The second-order valence-electron chi connectivity index (χ2n) is 7.18. The second-order valence-corrected chi connectivity index (χ2v) is 7.18. The molecule has 2 heterocycles. The van der Waals surface area contributed by atoms with Gasteiger partial charge in [-0.2, -0.15) is 0 Å². The van der Waals surface area contributed by atoms with Crippen LogP contribution in [0, 0.1) is 5.92 Å². The maximum Gasteiger partial charge on any atom is 0.317 e. The number of carbonyl (C=O) groups excluding carboxylic acids is 1. The Labute approximate surface area is 135 Å². The maximum atomic E-state index is 12.1. The highest BCUT2D eigenvalue weighted by Crippen LogP contribution is 2.13. The number of urea groups is 1. The summed E-state index contributed by atoms with van der Waals surface area (Å²) in [5.41, 5.74) is -0.151. The van der Waals surface area contributed by atoms with Gasteiger partial charge in [-0.25, -0.2) is 4.79 Å². The normalized spacial score (nSPS) is 24.3. The van der Waals surface area contributed by atoms with Crippen molar-refractivity contribution in [3.05, 3.63) is 0 Å². The molecule has 0 aromatic carbocycles. The van der Waals surface area contributed by atoms with Gasteiger partial charge in [-0.05, 0) is 52.6 Å². The highest BCUT2D eigenvalue weighted by Gasteiger charge is 2.25. The molecule has 1 atom stereocenters. The third-order valence-electron chi connectivity index (χ3n) is 4.06. The first-order valence-electron chi connectivity index (χ1n) is 7.94. The molecule has 5 nitrogen and oxygen atoms in total. The Morgan fingerprint density at radius 2 is 1.90 bits per heavy atom. The van der Waals surface area contributed by atoms with Crippen molar-refractivity contribution in [1.29, 1.82) is 0 Å². The van der Waals surface area contributed by atoms with E-state index in [9.17, 15) is 4.79 Å². The number of nitrogens with one attached hydrogen (secondary N) is 2. The Balaban J connectivity index is 0.00000220. The van der Waals surface area contributed by atoms with E-state index in [4.69, 9.17) is 0 Å². The van der Waals surface area contributed by atoms with Gasteiger partial charge in [0.25, 0.3) is 0 Å². The van der Waals surface area contributed by atoms with Crippen LogP contribution in [0.1, 0.15) is 33.6 Å². The Kier molecular flexibility index (Phi) is 7.24. The number of nitrogens with zero attached hydrogens (tertiary/aromatic N) is 2. The van der Waals surface area contributed by atoms with Gasteiger partial charge < -0.3 is 15.5 Å². The molecule has 21 heavy (non-hydrogen) atoms. The molecule has 0 spiro atoms. The van der Waals surface area contributed by atoms with Crippen molar-refractivity contribution < 1.29 is 4.79 Å². The third kappa shape index (κ3) is 6.41. The van der Waals surface area contributed by atoms with Crippen LogP contribution in [0.5, 0.6) is 0 Å². The molecule has 0 aliphatic carbocycles. The van der Waals surface area contributed by atoms with Crippen LogP contribution in [0.4, 0.5) is 4.79 Å². The summed E-state index contributed by atoms with van der Waals surface area (Å²) >= 11 is 0. The minimum atomic E-state index is -0.151. The van der Waals surface area contributed by atoms with Crippen LogP contribution in [-0.2, 0) is 0 Å². The molecule has 2 fully saturated rings. The van der Waals surface area contributed by atoms with E-state index in [1.807, 2.05) is 25.7 Å². The van der Waals surface area contributed by atoms with Gasteiger partial charge in [0.15, 0.2) is 0 Å². The van der Waals surface area contributed by atoms with E-state index in [1.165, 1.54) is 25.9 Å². The number of rotatable bonds is 2. The van der Waals surface area contributed by atoms with E-state index in [1.54, 1.807) is 0 Å². The van der Waals surface area contributed by atoms with Crippen molar-refractivity contribution >= 4 is 18.4 Å². The van der Waals surface area contributed by atoms with E-state index in [-0.39, 0.29) is 24.0 Å². The zero-order valence-corrected chi connectivity index (χ0v) is 14.5. The van der Waals surface area contributed by atoms with Crippen molar-refractivity contribution in [3.8, 4) is 0 Å². The molecule has 0 aromatic rings. The fourth-order valence-electron chi connectivity index (χ4n) is 2.98. The van der Waals surface area contributed by atoms with E-state index >= 15 is 0 Å². The van der Waals surface area contributed by atoms with Gasteiger partial charge in [0.1, 0.15) is 0 Å². The average molecular weight is 319 g/mol. The fraction of sp³-hybridized carbons (Fsp3) is 0.933. The molecule has 2 amide bonds. The molecule has 2 rings (SSSR count). The zero-order valence-electron chi connectivity index (χ0n) is 13.7. The standard InChI is InChI=1S/C15H30N4O.ClH/c1-15(2,3)17-14(20)19-9-7-18(8-10-19)12-13-5-4-6-16-11-13;/h13,16H,4-12H2,1-3H3,(H,17,20);1H. The molecule has 2 aliphatic heterocycles. The summed E-state index contributed by atoms with van der Waals surface area (Å²) < 4.78 is 0. The van der Waals surface area contributed by atoms with Crippen LogP contribution in [0.3, 0.4) is 0 Å². The first-order chi connectivity index (χ1) is 9.44. The summed E-state index contributed by atoms with van der Waals surface area (Å²) in [4.78, 5) is 16.6. The number of hydrogen-bond acceptors (Lipinski definition) is 3. The predicted molar refractivity (Wildman–Crippen MR) is 89.1 cm³/mol. The van der Waals surface area contributed by atoms with Crippen molar-refractivity contribution in [2.75, 3.05) is 45.8 Å². The Hall–Kier alpha value is -0.520. The summed E-state index contributed by atoms with van der Waals surface area (Å²) in [6, 6.07) is 0.0801. The smallest absolute Gasteiger partial charge is 0.317 e. The molecule has 2 saturated heterocycles. The van der Waals surface area contributed by atoms with Crippen LogP contribution in [0.15, 0.2) is 0 Å². The monoisotopic (exact) mass is 318 g/mol. The quantitative estimate of drug-likeness (QED) is 0.812. The topological polar surface area (TPSA) is 47.6 Å². The van der Waals surface area contributed by atoms with Crippen LogP contribution < -0.4 is 10.6 Å². The van der Waals surface area contributed by atoms with Crippen molar-refractivity contribution in [2.45, 2.75) is 39.2 Å². The van der Waals surface area contributed by atoms with Gasteiger partial charge in [-0.15, -0.1) is 12.4 Å². The molecule has 2 aliphatic rings. The molecule has 2 N–H and O–H groups in total. The number of amides is 2. The minimum Gasteiger partial charge on any atom is -0.333 e. The first kappa shape index (κ1) is 18.5. The van der Waals surface area contributed by atoms with Crippen molar-refractivity contribution in [1.82, 2.24) is 20.4 Å². The summed E-state index contributed by atoms with van der Waals surface area (Å²) in [7, 11) is 0. The van der Waals surface area contributed by atoms with E-state index in [2.05, 4.69) is 15.5 Å². The molecule has 1 unspecified atom stereocenters. The Bertz CT molecular complexity index is 318. The van der Waals surface area contributed by atoms with Gasteiger partial charge in [0, 0.05) is 38.3 Å². The lowest BCUT2D eigenvalue weighted by Gasteiger charge is -2.38. The van der Waals surface area contributed by atoms with E-state index < -0.39 is 0 Å². The molecule has 0 radical (unpaired) electrons. The number of halogens is 1. The highest BCUT2D eigenvalue weighted by molar-refractivity contribution is 5.85. The van der Waals surface area contributed by atoms with E-state index in [0.29, 0.717) is 0 Å². The lowest BCUT2D eigenvalue weighted by Crippen LogP contribution is -2.55. The number of carbonyl (C=O) groups is 1. The summed E-state index contributed by atoms with van der Waals surface area (Å²) in [5, 5.41) is 6.52. The Morgan fingerprint density at radius 1 is 1.24 bits per heavy atom. The van der Waals surface area contributed by atoms with Crippen LogP contribution in [0.2, 0.25) is 0 Å². The van der Waals surface area contributed by atoms with Gasteiger partial charge in [0.05, 0.1) is 0 Å². The second kappa shape index (κ2) is 8.20. The third-order valence-corrected chi connectivity index (χ3v) is 4.06. The molecule has 0 bridgehead atoms. The Morgan fingerprint density at radius 3 is 2.43 bits per heavy atom. The summed E-state index contributed by atoms with van der Waals surface area (Å²) in [6.07, 6.45) is 2.65. The van der Waals surface area contributed by atoms with Gasteiger partial charge in [-0.1, -0.05) is 0 Å². The summed E-state index contributed by atoms with van der Waals surface area (Å²) in [6.45, 7) is 13.3. The van der Waals surface area contributed by atoms with Crippen LogP contribution >= 0.6 is 12.4 Å². The first-order valence-corrected chi connectivity index (χ1v) is 7.94. The number of hydrogen-bond donors (Lipinski definition) is 2. The molecule has 0 aromatic heterocycles. The fourth-order valence-corrected chi connectivity index (χ4v) is 2.98. The molecule has 0 saturated carbocycles. The van der Waals surface area contributed by atoms with Gasteiger partial charge in [0.2, 0.25) is 0 Å². The van der Waals surface area contributed by atoms with Crippen molar-refractivity contribution in [3.63, 3.8) is 0 Å². The zero-order chi connectivity index (χ0) is 14.6. The summed E-state index contributed by atoms with van der Waals surface area (Å²) in [5.74, 6) is 0.790. The minimum absolute atomic E-state index is 0. The lowest BCUT2D eigenvalue weighted by molar-refractivity contribution is 0.119. The SMILES string of the molecule is CC(C)(C)NC(=O)N1CCN(CC2CCCNC2)CC1.Cl. The van der Waals surface area contributed by atoms with E-state index in [0.717, 1.165) is 38.6 Å². The molecule has 6 heteroatoms.